The van der Waals surface area contributed by atoms with E-state index in [1.165, 1.54) is 58.6 Å². The second kappa shape index (κ2) is 10.1. The van der Waals surface area contributed by atoms with Gasteiger partial charge in [0, 0.05) is 47.7 Å². The van der Waals surface area contributed by atoms with Crippen LogP contribution in [0.15, 0.2) is 140 Å². The van der Waals surface area contributed by atoms with Crippen molar-refractivity contribution in [3.63, 3.8) is 0 Å². The molecule has 4 heteroatoms. The SMILES string of the molecule is CC1(C)c2ccccc2-c2ccc(-c3nc(-c4ccccc4)nc(-c4cc5ccccc5c5c4ccc4c6ccccc6sc45)n3)cc21. The number of benzene rings is 7. The minimum absolute atomic E-state index is 0.121. The van der Waals surface area contributed by atoms with Gasteiger partial charge in [-0.25, -0.2) is 15.0 Å². The van der Waals surface area contributed by atoms with Crippen LogP contribution in [0, 0.1) is 0 Å². The second-order valence-electron chi connectivity index (χ2n) is 13.2. The zero-order valence-corrected chi connectivity index (χ0v) is 27.3. The van der Waals surface area contributed by atoms with Crippen LogP contribution < -0.4 is 0 Å². The van der Waals surface area contributed by atoms with Crippen molar-refractivity contribution < 1.29 is 0 Å². The molecule has 0 saturated carbocycles. The number of aromatic nitrogens is 3. The Hall–Kier alpha value is -5.71. The monoisotopic (exact) mass is 631 g/mol. The molecule has 0 spiro atoms. The number of nitrogens with zero attached hydrogens (tertiary/aromatic N) is 3. The summed E-state index contributed by atoms with van der Waals surface area (Å²) in [5, 5.41) is 7.39. The summed E-state index contributed by atoms with van der Waals surface area (Å²) in [7, 11) is 0. The lowest BCUT2D eigenvalue weighted by molar-refractivity contribution is 0.660. The maximum absolute atomic E-state index is 5.28. The van der Waals surface area contributed by atoms with Gasteiger partial charge in [0.05, 0.1) is 0 Å². The minimum atomic E-state index is -0.121. The van der Waals surface area contributed by atoms with E-state index in [4.69, 9.17) is 15.0 Å². The summed E-state index contributed by atoms with van der Waals surface area (Å²) in [6, 6.07) is 49.9. The van der Waals surface area contributed by atoms with Crippen molar-refractivity contribution in [2.24, 2.45) is 0 Å². The van der Waals surface area contributed by atoms with Crippen molar-refractivity contribution in [2.45, 2.75) is 19.3 Å². The lowest BCUT2D eigenvalue weighted by Crippen LogP contribution is -2.15. The molecule has 9 aromatic rings. The van der Waals surface area contributed by atoms with Gasteiger partial charge in [0.2, 0.25) is 0 Å². The number of thiophene rings is 1. The molecule has 2 heterocycles. The van der Waals surface area contributed by atoms with E-state index < -0.39 is 0 Å². The van der Waals surface area contributed by atoms with Crippen LogP contribution in [-0.2, 0) is 5.41 Å². The van der Waals surface area contributed by atoms with Crippen molar-refractivity contribution in [1.29, 1.82) is 0 Å². The zero-order valence-electron chi connectivity index (χ0n) is 26.5. The summed E-state index contributed by atoms with van der Waals surface area (Å²) in [5.41, 5.74) is 8.09. The molecule has 3 nitrogen and oxygen atoms in total. The van der Waals surface area contributed by atoms with Gasteiger partial charge in [0.1, 0.15) is 0 Å². The Bertz CT molecular complexity index is 2760. The Morgan fingerprint density at radius 2 is 1.12 bits per heavy atom. The predicted molar refractivity (Wildman–Crippen MR) is 202 cm³/mol. The highest BCUT2D eigenvalue weighted by atomic mass is 32.1. The Balaban J connectivity index is 1.25. The van der Waals surface area contributed by atoms with Gasteiger partial charge >= 0.3 is 0 Å². The van der Waals surface area contributed by atoms with Crippen LogP contribution in [0.4, 0.5) is 0 Å². The van der Waals surface area contributed by atoms with Gasteiger partial charge in [-0.2, -0.15) is 0 Å². The van der Waals surface area contributed by atoms with Crippen molar-refractivity contribution in [3.8, 4) is 45.3 Å². The highest BCUT2D eigenvalue weighted by Crippen LogP contribution is 2.49. The van der Waals surface area contributed by atoms with Crippen LogP contribution in [0.1, 0.15) is 25.0 Å². The zero-order chi connectivity index (χ0) is 32.0. The van der Waals surface area contributed by atoms with E-state index in [-0.39, 0.29) is 5.41 Å². The third-order valence-corrected chi connectivity index (χ3v) is 11.3. The molecular weight excluding hydrogens is 603 g/mol. The molecule has 7 aromatic carbocycles. The molecule has 2 aromatic heterocycles. The highest BCUT2D eigenvalue weighted by molar-refractivity contribution is 7.26. The lowest BCUT2D eigenvalue weighted by atomic mass is 9.82. The molecule has 0 radical (unpaired) electrons. The molecule has 1 aliphatic carbocycles. The molecule has 48 heavy (non-hydrogen) atoms. The third kappa shape index (κ3) is 3.96. The van der Waals surface area contributed by atoms with E-state index in [0.29, 0.717) is 17.5 Å². The number of hydrogen-bond donors (Lipinski definition) is 0. The maximum atomic E-state index is 5.28. The summed E-state index contributed by atoms with van der Waals surface area (Å²) in [5.74, 6) is 2.03. The average Bonchev–Trinajstić information content (AvgIpc) is 3.63. The smallest absolute Gasteiger partial charge is 0.164 e. The number of fused-ring (bicyclic) bond motifs is 10. The molecule has 0 atom stereocenters. The first-order valence-corrected chi connectivity index (χ1v) is 17.2. The van der Waals surface area contributed by atoms with Crippen molar-refractivity contribution in [3.05, 3.63) is 151 Å². The molecule has 0 amide bonds. The molecule has 0 aliphatic heterocycles. The predicted octanol–water partition coefficient (Wildman–Crippen LogP) is 11.9. The van der Waals surface area contributed by atoms with Crippen LogP contribution >= 0.6 is 11.3 Å². The third-order valence-electron chi connectivity index (χ3n) is 10.1. The van der Waals surface area contributed by atoms with Crippen LogP contribution in [0.25, 0.3) is 87.0 Å². The van der Waals surface area contributed by atoms with Crippen LogP contribution in [-0.4, -0.2) is 15.0 Å². The fourth-order valence-electron chi connectivity index (χ4n) is 7.73. The van der Waals surface area contributed by atoms with E-state index in [2.05, 4.69) is 135 Å². The maximum Gasteiger partial charge on any atom is 0.164 e. The Labute approximate surface area is 282 Å². The van der Waals surface area contributed by atoms with E-state index in [0.717, 1.165) is 22.1 Å². The average molecular weight is 632 g/mol. The largest absolute Gasteiger partial charge is 0.208 e. The lowest BCUT2D eigenvalue weighted by Gasteiger charge is -2.21. The molecule has 226 valence electrons. The molecule has 0 saturated heterocycles. The molecule has 0 bridgehead atoms. The summed E-state index contributed by atoms with van der Waals surface area (Å²) in [6.45, 7) is 4.62. The quantitative estimate of drug-likeness (QED) is 0.182. The minimum Gasteiger partial charge on any atom is -0.208 e. The van der Waals surface area contributed by atoms with E-state index >= 15 is 0 Å². The molecule has 0 N–H and O–H groups in total. The Morgan fingerprint density at radius 3 is 2.00 bits per heavy atom. The molecule has 1 aliphatic rings. The first-order valence-electron chi connectivity index (χ1n) is 16.4. The normalized spacial score (nSPS) is 13.4. The van der Waals surface area contributed by atoms with Crippen molar-refractivity contribution >= 4 is 53.1 Å². The van der Waals surface area contributed by atoms with Crippen molar-refractivity contribution in [1.82, 2.24) is 15.0 Å². The standard InChI is InChI=1S/C44H29N3S/c1-44(2)36-18-10-8-16-30(36)31-21-20-28(25-37(31)44)42-45-41(26-12-4-3-5-13-26)46-43(47-42)35-24-27-14-6-7-15-29(27)39-33(35)22-23-34-32-17-9-11-19-38(32)48-40(34)39/h3-25H,1-2H3. The summed E-state index contributed by atoms with van der Waals surface area (Å²) in [6.07, 6.45) is 0. The van der Waals surface area contributed by atoms with Gasteiger partial charge in [-0.1, -0.05) is 135 Å². The Morgan fingerprint density at radius 1 is 0.458 bits per heavy atom. The summed E-state index contributed by atoms with van der Waals surface area (Å²) >= 11 is 1.86. The fourth-order valence-corrected chi connectivity index (χ4v) is 9.00. The molecule has 0 unspecified atom stereocenters. The van der Waals surface area contributed by atoms with Gasteiger partial charge in [-0.05, 0) is 56.6 Å². The van der Waals surface area contributed by atoms with Crippen LogP contribution in [0.5, 0.6) is 0 Å². The van der Waals surface area contributed by atoms with Gasteiger partial charge in [-0.15, -0.1) is 11.3 Å². The van der Waals surface area contributed by atoms with Gasteiger partial charge in [0.25, 0.3) is 0 Å². The van der Waals surface area contributed by atoms with E-state index in [9.17, 15) is 0 Å². The van der Waals surface area contributed by atoms with Gasteiger partial charge in [-0.3, -0.25) is 0 Å². The first kappa shape index (κ1) is 27.4. The number of rotatable bonds is 3. The van der Waals surface area contributed by atoms with Gasteiger partial charge in [0.15, 0.2) is 17.5 Å². The van der Waals surface area contributed by atoms with Crippen LogP contribution in [0.2, 0.25) is 0 Å². The Kier molecular flexibility index (Phi) is 5.79. The highest BCUT2D eigenvalue weighted by Gasteiger charge is 2.35. The van der Waals surface area contributed by atoms with Crippen molar-refractivity contribution in [2.75, 3.05) is 0 Å². The molecular formula is C44H29N3S. The molecule has 10 rings (SSSR count). The van der Waals surface area contributed by atoms with E-state index in [1.807, 2.05) is 29.5 Å². The first-order chi connectivity index (χ1) is 23.5. The van der Waals surface area contributed by atoms with E-state index in [1.54, 1.807) is 0 Å². The topological polar surface area (TPSA) is 38.7 Å². The number of hydrogen-bond acceptors (Lipinski definition) is 4. The summed E-state index contributed by atoms with van der Waals surface area (Å²) in [4.78, 5) is 15.6. The fraction of sp³-hybridized carbons (Fsp3) is 0.0682. The summed E-state index contributed by atoms with van der Waals surface area (Å²) < 4.78 is 2.59. The van der Waals surface area contributed by atoms with Gasteiger partial charge < -0.3 is 0 Å². The molecule has 0 fully saturated rings. The second-order valence-corrected chi connectivity index (χ2v) is 14.3. The van der Waals surface area contributed by atoms with Crippen LogP contribution in [0.3, 0.4) is 0 Å².